The summed E-state index contributed by atoms with van der Waals surface area (Å²) in [6, 6.07) is 7.31. The van der Waals surface area contributed by atoms with E-state index >= 15 is 0 Å². The minimum absolute atomic E-state index is 0.233. The van der Waals surface area contributed by atoms with E-state index in [1.807, 2.05) is 6.07 Å². The Morgan fingerprint density at radius 1 is 1.10 bits per heavy atom. The van der Waals surface area contributed by atoms with E-state index in [2.05, 4.69) is 34.2 Å². The number of benzene rings is 1. The summed E-state index contributed by atoms with van der Waals surface area (Å²) >= 11 is 0. The van der Waals surface area contributed by atoms with Crippen molar-refractivity contribution < 1.29 is 9.59 Å². The van der Waals surface area contributed by atoms with Gasteiger partial charge in [0.05, 0.1) is 0 Å². The second-order valence-corrected chi connectivity index (χ2v) is 9.36. The largest absolute Gasteiger partial charge is 0.342 e. The van der Waals surface area contributed by atoms with Gasteiger partial charge in [-0.3, -0.25) is 14.5 Å². The second-order valence-electron chi connectivity index (χ2n) is 9.36. The van der Waals surface area contributed by atoms with Crippen molar-refractivity contribution >= 4 is 12.2 Å². The van der Waals surface area contributed by atoms with Gasteiger partial charge in [0.25, 0.3) is 0 Å². The summed E-state index contributed by atoms with van der Waals surface area (Å²) in [5, 5.41) is 3.36. The van der Waals surface area contributed by atoms with Crippen molar-refractivity contribution in [2.75, 3.05) is 32.7 Å². The normalized spacial score (nSPS) is 23.4. The van der Waals surface area contributed by atoms with E-state index in [-0.39, 0.29) is 5.92 Å². The van der Waals surface area contributed by atoms with Crippen molar-refractivity contribution in [3.8, 4) is 0 Å². The number of hydrogen-bond donors (Lipinski definition) is 1. The fourth-order valence-corrected chi connectivity index (χ4v) is 5.78. The minimum atomic E-state index is 0.233. The van der Waals surface area contributed by atoms with Crippen LogP contribution in [0, 0.1) is 5.92 Å². The van der Waals surface area contributed by atoms with Gasteiger partial charge in [0.15, 0.2) is 0 Å². The molecule has 2 saturated heterocycles. The molecule has 0 spiro atoms. The van der Waals surface area contributed by atoms with Crippen molar-refractivity contribution in [2.24, 2.45) is 5.92 Å². The highest BCUT2D eigenvalue weighted by molar-refractivity contribution is 5.79. The molecule has 0 bridgehead atoms. The number of rotatable bonds is 6. The number of carbonyl (C=O) groups excluding carboxylic acids is 2. The van der Waals surface area contributed by atoms with Crippen molar-refractivity contribution in [3.05, 3.63) is 34.9 Å². The Morgan fingerprint density at radius 3 is 2.57 bits per heavy atom. The second kappa shape index (κ2) is 10.1. The maximum atomic E-state index is 12.9. The van der Waals surface area contributed by atoms with Gasteiger partial charge in [-0.2, -0.15) is 0 Å². The van der Waals surface area contributed by atoms with Crippen LogP contribution in [0.25, 0.3) is 0 Å². The molecule has 5 nitrogen and oxygen atoms in total. The molecule has 0 aromatic heterocycles. The van der Waals surface area contributed by atoms with E-state index in [1.54, 1.807) is 0 Å². The predicted octanol–water partition coefficient (Wildman–Crippen LogP) is 3.06. The number of hydrogen-bond acceptors (Lipinski definition) is 4. The molecule has 2 fully saturated rings. The third kappa shape index (κ3) is 4.78. The molecule has 2 heterocycles. The van der Waals surface area contributed by atoms with Crippen LogP contribution in [-0.4, -0.2) is 66.8 Å². The molecule has 164 valence electrons. The van der Waals surface area contributed by atoms with Crippen molar-refractivity contribution in [2.45, 2.75) is 70.4 Å². The number of nitrogens with one attached hydrogen (secondary N) is 1. The van der Waals surface area contributed by atoms with Gasteiger partial charge >= 0.3 is 0 Å². The Labute approximate surface area is 181 Å². The Hall–Kier alpha value is -1.72. The van der Waals surface area contributed by atoms with Crippen LogP contribution in [0.5, 0.6) is 0 Å². The number of aryl methyl sites for hydroxylation is 1. The smallest absolute Gasteiger partial charge is 0.225 e. The summed E-state index contributed by atoms with van der Waals surface area (Å²) in [5.74, 6) is 0.626. The summed E-state index contributed by atoms with van der Waals surface area (Å²) in [6.07, 6.45) is 9.63. The lowest BCUT2D eigenvalue weighted by atomic mass is 9.85. The third-order valence-corrected chi connectivity index (χ3v) is 7.45. The van der Waals surface area contributed by atoms with E-state index in [1.165, 1.54) is 17.5 Å². The summed E-state index contributed by atoms with van der Waals surface area (Å²) in [6.45, 7) is 7.17. The van der Waals surface area contributed by atoms with Gasteiger partial charge in [-0.05, 0) is 88.2 Å². The first-order valence-corrected chi connectivity index (χ1v) is 12.0. The molecule has 3 aliphatic rings. The summed E-state index contributed by atoms with van der Waals surface area (Å²) in [4.78, 5) is 29.0. The van der Waals surface area contributed by atoms with Gasteiger partial charge in [-0.1, -0.05) is 19.1 Å². The lowest BCUT2D eigenvalue weighted by Crippen LogP contribution is -2.52. The SMILES string of the molecule is CCCN(C1CCN(C(=O)C2CCNCC2)CC1)C1CCc2ccc(C=O)cc2C1. The van der Waals surface area contributed by atoms with E-state index < -0.39 is 0 Å². The molecule has 1 aromatic rings. The number of aldehydes is 1. The Kier molecular flexibility index (Phi) is 7.21. The summed E-state index contributed by atoms with van der Waals surface area (Å²) in [5.41, 5.74) is 3.56. The Bertz CT molecular complexity index is 736. The predicted molar refractivity (Wildman–Crippen MR) is 120 cm³/mol. The number of carbonyl (C=O) groups is 2. The molecule has 4 rings (SSSR count). The third-order valence-electron chi connectivity index (χ3n) is 7.45. The molecule has 5 heteroatoms. The standard InChI is InChI=1S/C25H37N3O2/c1-2-13-28(24-6-5-20-4-3-19(18-29)16-22(20)17-24)23-9-14-27(15-10-23)25(30)21-7-11-26-12-8-21/h3-4,16,18,21,23-24,26H,2,5-15,17H2,1H3. The van der Waals surface area contributed by atoms with Gasteiger partial charge in [0.2, 0.25) is 5.91 Å². The number of amides is 1. The Balaban J connectivity index is 1.38. The first-order chi connectivity index (χ1) is 14.7. The molecule has 30 heavy (non-hydrogen) atoms. The number of nitrogens with zero attached hydrogens (tertiary/aromatic N) is 2. The zero-order valence-corrected chi connectivity index (χ0v) is 18.4. The lowest BCUT2D eigenvalue weighted by molar-refractivity contribution is -0.138. The first kappa shape index (κ1) is 21.5. The number of piperidine rings is 2. The highest BCUT2D eigenvalue weighted by atomic mass is 16.2. The van der Waals surface area contributed by atoms with Crippen LogP contribution in [0.1, 0.15) is 66.9 Å². The molecule has 0 saturated carbocycles. The van der Waals surface area contributed by atoms with E-state index in [0.29, 0.717) is 18.0 Å². The molecule has 1 aliphatic carbocycles. The molecule has 1 amide bonds. The average molecular weight is 412 g/mol. The molecule has 1 aromatic carbocycles. The summed E-state index contributed by atoms with van der Waals surface area (Å²) in [7, 11) is 0. The molecular weight excluding hydrogens is 374 g/mol. The van der Waals surface area contributed by atoms with Crippen LogP contribution in [0.2, 0.25) is 0 Å². The quantitative estimate of drug-likeness (QED) is 0.731. The lowest BCUT2D eigenvalue weighted by Gasteiger charge is -2.44. The van der Waals surface area contributed by atoms with Gasteiger partial charge < -0.3 is 10.2 Å². The first-order valence-electron chi connectivity index (χ1n) is 12.0. The van der Waals surface area contributed by atoms with Gasteiger partial charge in [-0.15, -0.1) is 0 Å². The van der Waals surface area contributed by atoms with E-state index in [4.69, 9.17) is 0 Å². The van der Waals surface area contributed by atoms with Crippen LogP contribution >= 0.6 is 0 Å². The average Bonchev–Trinajstić information content (AvgIpc) is 2.82. The van der Waals surface area contributed by atoms with E-state index in [0.717, 1.165) is 89.5 Å². The van der Waals surface area contributed by atoms with Crippen LogP contribution < -0.4 is 5.32 Å². The van der Waals surface area contributed by atoms with Crippen LogP contribution in [0.4, 0.5) is 0 Å². The highest BCUT2D eigenvalue weighted by Crippen LogP contribution is 2.30. The maximum absolute atomic E-state index is 12.9. The van der Waals surface area contributed by atoms with E-state index in [9.17, 15) is 9.59 Å². The Morgan fingerprint density at radius 2 is 1.87 bits per heavy atom. The molecule has 1 atom stereocenters. The van der Waals surface area contributed by atoms with Gasteiger partial charge in [0.1, 0.15) is 6.29 Å². The monoisotopic (exact) mass is 411 g/mol. The van der Waals surface area contributed by atoms with Crippen LogP contribution in [-0.2, 0) is 17.6 Å². The van der Waals surface area contributed by atoms with Crippen molar-refractivity contribution in [1.29, 1.82) is 0 Å². The zero-order valence-electron chi connectivity index (χ0n) is 18.4. The molecule has 0 radical (unpaired) electrons. The van der Waals surface area contributed by atoms with Gasteiger partial charge in [-0.25, -0.2) is 0 Å². The molecule has 2 aliphatic heterocycles. The molecular formula is C25H37N3O2. The fourth-order valence-electron chi connectivity index (χ4n) is 5.78. The minimum Gasteiger partial charge on any atom is -0.342 e. The molecule has 1 N–H and O–H groups in total. The topological polar surface area (TPSA) is 52.6 Å². The van der Waals surface area contributed by atoms with Crippen LogP contribution in [0.15, 0.2) is 18.2 Å². The van der Waals surface area contributed by atoms with Crippen molar-refractivity contribution in [1.82, 2.24) is 15.1 Å². The van der Waals surface area contributed by atoms with Gasteiger partial charge in [0, 0.05) is 36.7 Å². The fraction of sp³-hybridized carbons (Fsp3) is 0.680. The molecule has 1 unspecified atom stereocenters. The maximum Gasteiger partial charge on any atom is 0.225 e. The number of likely N-dealkylation sites (tertiary alicyclic amines) is 1. The number of fused-ring (bicyclic) bond motifs is 1. The highest BCUT2D eigenvalue weighted by Gasteiger charge is 2.34. The van der Waals surface area contributed by atoms with Crippen LogP contribution in [0.3, 0.4) is 0 Å². The zero-order chi connectivity index (χ0) is 20.9. The summed E-state index contributed by atoms with van der Waals surface area (Å²) < 4.78 is 0. The van der Waals surface area contributed by atoms with Crippen molar-refractivity contribution in [3.63, 3.8) is 0 Å².